The third-order valence-corrected chi connectivity index (χ3v) is 4.31. The second-order valence-corrected chi connectivity index (χ2v) is 6.41. The van der Waals surface area contributed by atoms with Crippen molar-refractivity contribution in [2.75, 3.05) is 43.9 Å². The van der Waals surface area contributed by atoms with Gasteiger partial charge in [0.15, 0.2) is 0 Å². The molecule has 5 nitrogen and oxygen atoms in total. The lowest BCUT2D eigenvalue weighted by Gasteiger charge is -2.24. The predicted octanol–water partition coefficient (Wildman–Crippen LogP) is 2.30. The van der Waals surface area contributed by atoms with Crippen LogP contribution in [0.2, 0.25) is 0 Å². The Kier molecular flexibility index (Phi) is 5.04. The summed E-state index contributed by atoms with van der Waals surface area (Å²) >= 11 is 0. The molecular weight excluding hydrogens is 262 g/mol. The van der Waals surface area contributed by atoms with Gasteiger partial charge in [0.1, 0.15) is 17.5 Å². The Morgan fingerprint density at radius 1 is 1.24 bits per heavy atom. The first kappa shape index (κ1) is 16.0. The third-order valence-electron chi connectivity index (χ3n) is 4.31. The van der Waals surface area contributed by atoms with Crippen LogP contribution in [0.1, 0.15) is 31.7 Å². The predicted molar refractivity (Wildman–Crippen MR) is 89.1 cm³/mol. The maximum absolute atomic E-state index is 4.71. The number of rotatable bonds is 5. The van der Waals surface area contributed by atoms with Gasteiger partial charge in [0.05, 0.1) is 0 Å². The van der Waals surface area contributed by atoms with Crippen LogP contribution >= 0.6 is 0 Å². The van der Waals surface area contributed by atoms with E-state index in [1.165, 1.54) is 5.56 Å². The molecule has 2 heterocycles. The van der Waals surface area contributed by atoms with Gasteiger partial charge in [-0.1, -0.05) is 13.8 Å². The first-order valence-corrected chi connectivity index (χ1v) is 7.94. The topological polar surface area (TPSA) is 44.3 Å². The number of nitrogens with one attached hydrogen (secondary N) is 1. The van der Waals surface area contributed by atoms with Gasteiger partial charge in [-0.25, -0.2) is 9.97 Å². The van der Waals surface area contributed by atoms with Gasteiger partial charge in [-0.2, -0.15) is 0 Å². The van der Waals surface area contributed by atoms with Crippen LogP contribution in [0, 0.1) is 19.8 Å². The summed E-state index contributed by atoms with van der Waals surface area (Å²) in [5.41, 5.74) is 1.17. The van der Waals surface area contributed by atoms with Crippen molar-refractivity contribution in [1.29, 1.82) is 0 Å². The second-order valence-electron chi connectivity index (χ2n) is 6.41. The van der Waals surface area contributed by atoms with E-state index in [4.69, 9.17) is 4.98 Å². The van der Waals surface area contributed by atoms with Gasteiger partial charge in [0.2, 0.25) is 0 Å². The summed E-state index contributed by atoms with van der Waals surface area (Å²) in [5, 5.41) is 3.42. The van der Waals surface area contributed by atoms with E-state index in [-0.39, 0.29) is 0 Å². The minimum Gasteiger partial charge on any atom is -0.370 e. The molecule has 5 heteroatoms. The molecule has 118 valence electrons. The van der Waals surface area contributed by atoms with Crippen molar-refractivity contribution < 1.29 is 0 Å². The van der Waals surface area contributed by atoms with E-state index >= 15 is 0 Å². The molecule has 1 aromatic rings. The van der Waals surface area contributed by atoms with Gasteiger partial charge in [-0.3, -0.25) is 0 Å². The van der Waals surface area contributed by atoms with Crippen LogP contribution in [-0.4, -0.2) is 54.6 Å². The molecule has 0 aromatic carbocycles. The van der Waals surface area contributed by atoms with Crippen LogP contribution in [0.25, 0.3) is 0 Å². The Morgan fingerprint density at radius 2 is 1.95 bits per heavy atom. The first-order chi connectivity index (χ1) is 9.93. The lowest BCUT2D eigenvalue weighted by Crippen LogP contribution is -2.34. The van der Waals surface area contributed by atoms with Crippen molar-refractivity contribution in [2.24, 2.45) is 5.92 Å². The normalized spacial score (nSPS) is 22.1. The fraction of sp³-hybridized carbons (Fsp3) is 0.750. The highest BCUT2D eigenvalue weighted by molar-refractivity contribution is 5.59. The number of hydrogen-bond acceptors (Lipinski definition) is 5. The maximum atomic E-state index is 4.71. The van der Waals surface area contributed by atoms with Crippen molar-refractivity contribution in [3.63, 3.8) is 0 Å². The number of aryl methyl sites for hydroxylation is 1. The molecule has 1 N–H and O–H groups in total. The average molecular weight is 291 g/mol. The number of anilines is 2. The van der Waals surface area contributed by atoms with E-state index in [0.29, 0.717) is 12.0 Å². The zero-order chi connectivity index (χ0) is 15.6. The Hall–Kier alpha value is -1.36. The minimum atomic E-state index is 0.590. The molecule has 0 saturated carbocycles. The number of hydrogen-bond donors (Lipinski definition) is 1. The molecule has 2 unspecified atom stereocenters. The molecule has 1 aromatic heterocycles. The summed E-state index contributed by atoms with van der Waals surface area (Å²) in [6.07, 6.45) is 1.10. The van der Waals surface area contributed by atoms with Gasteiger partial charge in [0.25, 0.3) is 0 Å². The quantitative estimate of drug-likeness (QED) is 0.902. The van der Waals surface area contributed by atoms with Gasteiger partial charge in [-0.15, -0.1) is 0 Å². The van der Waals surface area contributed by atoms with E-state index in [2.05, 4.69) is 55.0 Å². The average Bonchev–Trinajstić information content (AvgIpc) is 2.81. The van der Waals surface area contributed by atoms with Crippen LogP contribution in [-0.2, 0) is 0 Å². The van der Waals surface area contributed by atoms with Crippen LogP contribution in [0.15, 0.2) is 0 Å². The molecule has 1 aliphatic rings. The molecule has 1 aliphatic heterocycles. The highest BCUT2D eigenvalue weighted by atomic mass is 15.3. The third kappa shape index (κ3) is 3.46. The fourth-order valence-corrected chi connectivity index (χ4v) is 3.13. The molecule has 2 rings (SSSR count). The number of likely N-dealkylation sites (N-methyl/N-ethyl adjacent to an activating group) is 1. The summed E-state index contributed by atoms with van der Waals surface area (Å²) in [5.74, 6) is 3.58. The highest BCUT2D eigenvalue weighted by Crippen LogP contribution is 2.29. The fourth-order valence-electron chi connectivity index (χ4n) is 3.13. The summed E-state index contributed by atoms with van der Waals surface area (Å²) in [4.78, 5) is 14.0. The molecule has 21 heavy (non-hydrogen) atoms. The first-order valence-electron chi connectivity index (χ1n) is 7.94. The van der Waals surface area contributed by atoms with Gasteiger partial charge in [0, 0.05) is 31.2 Å². The van der Waals surface area contributed by atoms with Crippen LogP contribution in [0.3, 0.4) is 0 Å². The molecule has 1 fully saturated rings. The van der Waals surface area contributed by atoms with Gasteiger partial charge >= 0.3 is 0 Å². The van der Waals surface area contributed by atoms with E-state index in [1.807, 2.05) is 6.92 Å². The largest absolute Gasteiger partial charge is 0.370 e. The zero-order valence-electron chi connectivity index (χ0n) is 14.3. The lowest BCUT2D eigenvalue weighted by molar-refractivity contribution is 0.266. The summed E-state index contributed by atoms with van der Waals surface area (Å²) in [6, 6.07) is 0.590. The maximum Gasteiger partial charge on any atom is 0.137 e. The molecule has 0 spiro atoms. The molecule has 0 amide bonds. The van der Waals surface area contributed by atoms with Crippen LogP contribution < -0.4 is 10.2 Å². The summed E-state index contributed by atoms with van der Waals surface area (Å²) in [7, 11) is 4.33. The van der Waals surface area contributed by atoms with Crippen LogP contribution in [0.5, 0.6) is 0 Å². The van der Waals surface area contributed by atoms with E-state index in [0.717, 1.165) is 43.5 Å². The molecule has 0 aliphatic carbocycles. The smallest absolute Gasteiger partial charge is 0.137 e. The molecular formula is C16H29N5. The van der Waals surface area contributed by atoms with Crippen molar-refractivity contribution in [3.8, 4) is 0 Å². The van der Waals surface area contributed by atoms with Crippen molar-refractivity contribution in [2.45, 2.75) is 40.2 Å². The Balaban J connectivity index is 2.26. The standard InChI is InChI=1S/C16H29N5/c1-7-8-17-15-12(3)16(19-13(4)18-15)21-9-11(2)14(10-21)20(5)6/h11,14H,7-10H2,1-6H3,(H,17,18,19). The second kappa shape index (κ2) is 6.60. The molecule has 1 saturated heterocycles. The van der Waals surface area contributed by atoms with Gasteiger partial charge < -0.3 is 15.1 Å². The number of nitrogens with zero attached hydrogens (tertiary/aromatic N) is 4. The van der Waals surface area contributed by atoms with Crippen molar-refractivity contribution >= 4 is 11.6 Å². The van der Waals surface area contributed by atoms with Crippen molar-refractivity contribution in [3.05, 3.63) is 11.4 Å². The molecule has 2 atom stereocenters. The van der Waals surface area contributed by atoms with E-state index in [1.54, 1.807) is 0 Å². The Labute approximate surface area is 128 Å². The Bertz CT molecular complexity index is 486. The highest BCUT2D eigenvalue weighted by Gasteiger charge is 2.32. The summed E-state index contributed by atoms with van der Waals surface area (Å²) in [6.45, 7) is 11.6. The monoisotopic (exact) mass is 291 g/mol. The number of aromatic nitrogens is 2. The van der Waals surface area contributed by atoms with Crippen molar-refractivity contribution in [1.82, 2.24) is 14.9 Å². The van der Waals surface area contributed by atoms with Crippen LogP contribution in [0.4, 0.5) is 11.6 Å². The minimum absolute atomic E-state index is 0.590. The molecule has 0 bridgehead atoms. The van der Waals surface area contributed by atoms with E-state index < -0.39 is 0 Å². The lowest BCUT2D eigenvalue weighted by atomic mass is 10.1. The molecule has 0 radical (unpaired) electrons. The van der Waals surface area contributed by atoms with Gasteiger partial charge in [-0.05, 0) is 40.3 Å². The summed E-state index contributed by atoms with van der Waals surface area (Å²) < 4.78 is 0. The SMILES string of the molecule is CCCNc1nc(C)nc(N2CC(C)C(N(C)C)C2)c1C. The zero-order valence-corrected chi connectivity index (χ0v) is 14.3. The van der Waals surface area contributed by atoms with E-state index in [9.17, 15) is 0 Å². The Morgan fingerprint density at radius 3 is 2.52 bits per heavy atom.